The van der Waals surface area contributed by atoms with Crippen molar-refractivity contribution in [2.45, 2.75) is 169 Å². The van der Waals surface area contributed by atoms with Crippen LogP contribution in [0, 0.1) is 0 Å². The zero-order valence-electron chi connectivity index (χ0n) is 40.0. The first-order valence-electron chi connectivity index (χ1n) is 24.0. The predicted octanol–water partition coefficient (Wildman–Crippen LogP) is 13.8. The molecule has 0 spiro atoms. The van der Waals surface area contributed by atoms with Crippen LogP contribution < -0.4 is 9.47 Å². The average Bonchev–Trinajstić information content (AvgIpc) is 3.33. The van der Waals surface area contributed by atoms with Gasteiger partial charge in [-0.3, -0.25) is 19.6 Å². The largest absolute Gasteiger partial charge is 0.489 e. The van der Waals surface area contributed by atoms with E-state index in [9.17, 15) is 19.8 Å². The number of carboxylic acid groups (broad SMARTS) is 1. The number of aromatic nitrogens is 2. The van der Waals surface area contributed by atoms with E-state index >= 15 is 0 Å². The summed E-state index contributed by atoms with van der Waals surface area (Å²) in [5.74, 6) is 0.380. The third kappa shape index (κ3) is 25.1. The quantitative estimate of drug-likeness (QED) is 0.0341. The number of allylic oxidation sites excluding steroid dienone is 2. The molecule has 10 nitrogen and oxygen atoms in total. The van der Waals surface area contributed by atoms with Gasteiger partial charge in [0.25, 0.3) is 0 Å². The highest BCUT2D eigenvalue weighted by Crippen LogP contribution is 2.30. The number of nitrogens with zero attached hydrogens (tertiary/aromatic N) is 2. The zero-order valence-corrected chi connectivity index (χ0v) is 40.0. The molecule has 0 saturated heterocycles. The molecule has 2 heterocycles. The fourth-order valence-electron chi connectivity index (χ4n) is 6.92. The van der Waals surface area contributed by atoms with Crippen molar-refractivity contribution in [3.63, 3.8) is 0 Å². The van der Waals surface area contributed by atoms with Crippen molar-refractivity contribution in [2.75, 3.05) is 7.11 Å². The second-order valence-corrected chi connectivity index (χ2v) is 15.8. The molecule has 0 aliphatic heterocycles. The topological polar surface area (TPSA) is 148 Å². The lowest BCUT2D eigenvalue weighted by Gasteiger charge is -2.16. The number of aliphatic carboxylic acids is 1. The molecule has 0 radical (unpaired) electrons. The molecule has 0 fully saturated rings. The Morgan fingerprint density at radius 2 is 1.20 bits per heavy atom. The molecule has 65 heavy (non-hydrogen) atoms. The van der Waals surface area contributed by atoms with E-state index in [2.05, 4.69) is 46.8 Å². The fraction of sp³-hybridized carbons (Fsp3) is 0.491. The van der Waals surface area contributed by atoms with Crippen LogP contribution in [0.25, 0.3) is 12.2 Å². The molecule has 4 aromatic rings. The number of pyridine rings is 2. The molecule has 0 amide bonds. The predicted molar refractivity (Wildman–Crippen MR) is 263 cm³/mol. The lowest BCUT2D eigenvalue weighted by Crippen LogP contribution is -2.04. The molecular formula is C55H78N2O8. The molecule has 0 saturated carbocycles. The highest BCUT2D eigenvalue weighted by atomic mass is 16.5. The Bertz CT molecular complexity index is 1900. The van der Waals surface area contributed by atoms with Crippen LogP contribution in [-0.2, 0) is 27.5 Å². The van der Waals surface area contributed by atoms with Crippen molar-refractivity contribution < 1.29 is 39.1 Å². The normalized spacial score (nSPS) is 11.9. The molecule has 0 aliphatic carbocycles. The summed E-state index contributed by atoms with van der Waals surface area (Å²) in [4.78, 5) is 30.5. The monoisotopic (exact) mass is 895 g/mol. The molecule has 2 aromatic heterocycles. The second kappa shape index (κ2) is 36.0. The van der Waals surface area contributed by atoms with Crippen LogP contribution in [0.1, 0.15) is 189 Å². The lowest BCUT2D eigenvalue weighted by atomic mass is 9.97. The first-order valence-corrected chi connectivity index (χ1v) is 24.0. The van der Waals surface area contributed by atoms with Crippen molar-refractivity contribution >= 4 is 24.1 Å². The van der Waals surface area contributed by atoms with Crippen LogP contribution in [0.4, 0.5) is 0 Å². The van der Waals surface area contributed by atoms with Crippen LogP contribution >= 0.6 is 0 Å². The minimum atomic E-state index is -0.839. The number of carbonyl (C=O) groups excluding carboxylic acids is 1. The molecule has 2 unspecified atom stereocenters. The van der Waals surface area contributed by atoms with Gasteiger partial charge in [0.15, 0.2) is 0 Å². The maximum Gasteiger partial charge on any atom is 0.305 e. The zero-order chi connectivity index (χ0) is 47.3. The molecule has 4 rings (SSSR count). The number of rotatable bonds is 30. The van der Waals surface area contributed by atoms with Crippen LogP contribution in [0.5, 0.6) is 11.5 Å². The van der Waals surface area contributed by atoms with Gasteiger partial charge in [0.05, 0.1) is 25.0 Å². The minimum Gasteiger partial charge on any atom is -0.489 e. The van der Waals surface area contributed by atoms with Crippen molar-refractivity contribution in [1.82, 2.24) is 9.97 Å². The molecule has 2 aromatic carbocycles. The number of carbonyl (C=O) groups is 2. The maximum absolute atomic E-state index is 11.4. The van der Waals surface area contributed by atoms with E-state index in [0.717, 1.165) is 64.3 Å². The van der Waals surface area contributed by atoms with E-state index in [0.29, 0.717) is 45.3 Å². The summed E-state index contributed by atoms with van der Waals surface area (Å²) >= 11 is 0. The second-order valence-electron chi connectivity index (χ2n) is 15.8. The minimum absolute atomic E-state index is 0.0608. The Kier molecular flexibility index (Phi) is 30.9. The third-order valence-electron chi connectivity index (χ3n) is 10.6. The van der Waals surface area contributed by atoms with Gasteiger partial charge in [-0.05, 0) is 116 Å². The number of hydrogen-bond donors (Lipinski definition) is 3. The van der Waals surface area contributed by atoms with E-state index in [1.807, 2.05) is 86.7 Å². The lowest BCUT2D eigenvalue weighted by molar-refractivity contribution is -0.141. The van der Waals surface area contributed by atoms with E-state index in [1.165, 1.54) is 64.9 Å². The van der Waals surface area contributed by atoms with Crippen molar-refractivity contribution in [3.05, 3.63) is 131 Å². The first kappa shape index (κ1) is 55.8. The van der Waals surface area contributed by atoms with Crippen LogP contribution in [0.3, 0.4) is 0 Å². The molecule has 0 aliphatic rings. The standard InChI is InChI=1S/C27H37NO4.C26H35NO4.C2H6/c1-3-4-5-6-7-8-9-13-23-19-24(32-21-22-12-11-18-28-20-22)16-17-25(23)26(29)14-10-15-27(30)31-2;1-2-3-4-5-6-7-8-12-21-19-23(31-20-22-13-9-10-18-27-22)16-17-24(21)25(28)14-11-15-26(29)30;1-2/h9,11-13,16-20,26,29H,3-8,10,14-15,21H2,1-2H3;8-10,12-13,16-19,25,28H,2-7,11,14-15,20H2,1H3,(H,29,30);1-2H3/b13-9+;12-8+;. The average molecular weight is 895 g/mol. The SMILES string of the molecule is CC.CCCCCCC/C=C/c1cc(OCc2ccccn2)ccc1C(O)CCCC(=O)O.CCCCCCC/C=C/c1cc(OCc2cccnc2)ccc1C(O)CCCC(=O)OC. The van der Waals surface area contributed by atoms with Gasteiger partial charge in [0, 0.05) is 37.0 Å². The number of esters is 1. The Morgan fingerprint density at radius 1 is 0.646 bits per heavy atom. The van der Waals surface area contributed by atoms with Crippen molar-refractivity contribution in [1.29, 1.82) is 0 Å². The molecular weight excluding hydrogens is 817 g/mol. The number of ether oxygens (including phenoxy) is 3. The van der Waals surface area contributed by atoms with Gasteiger partial charge in [0.1, 0.15) is 24.7 Å². The van der Waals surface area contributed by atoms with Crippen LogP contribution in [0.15, 0.2) is 97.5 Å². The highest BCUT2D eigenvalue weighted by Gasteiger charge is 2.15. The third-order valence-corrected chi connectivity index (χ3v) is 10.6. The van der Waals surface area contributed by atoms with Crippen molar-refractivity contribution in [3.8, 4) is 11.5 Å². The molecule has 3 N–H and O–H groups in total. The molecule has 2 atom stereocenters. The van der Waals surface area contributed by atoms with Gasteiger partial charge in [-0.15, -0.1) is 0 Å². The molecule has 10 heteroatoms. The summed E-state index contributed by atoms with van der Waals surface area (Å²) in [5, 5.41) is 30.2. The Labute approximate surface area is 390 Å². The number of unbranched alkanes of at least 4 members (excludes halogenated alkanes) is 10. The van der Waals surface area contributed by atoms with Crippen LogP contribution in [-0.4, -0.2) is 44.3 Å². The summed E-state index contributed by atoms with van der Waals surface area (Å²) in [6, 6.07) is 21.0. The first-order chi connectivity index (χ1) is 31.7. The van der Waals surface area contributed by atoms with Gasteiger partial charge in [0.2, 0.25) is 0 Å². The van der Waals surface area contributed by atoms with Gasteiger partial charge in [-0.1, -0.05) is 128 Å². The number of aliphatic hydroxyl groups is 2. The summed E-state index contributed by atoms with van der Waals surface area (Å²) in [5.41, 5.74) is 5.37. The van der Waals surface area contributed by atoms with E-state index < -0.39 is 18.2 Å². The Balaban J connectivity index is 0.000000431. The fourth-order valence-corrected chi connectivity index (χ4v) is 6.92. The van der Waals surface area contributed by atoms with Gasteiger partial charge in [-0.2, -0.15) is 0 Å². The summed E-state index contributed by atoms with van der Waals surface area (Å²) < 4.78 is 16.5. The summed E-state index contributed by atoms with van der Waals surface area (Å²) in [6.07, 6.45) is 29.1. The number of carboxylic acids is 1. The summed E-state index contributed by atoms with van der Waals surface area (Å²) in [6.45, 7) is 9.25. The maximum atomic E-state index is 11.4. The smallest absolute Gasteiger partial charge is 0.305 e. The molecule has 356 valence electrons. The van der Waals surface area contributed by atoms with Gasteiger partial charge >= 0.3 is 11.9 Å². The van der Waals surface area contributed by atoms with Crippen molar-refractivity contribution in [2.24, 2.45) is 0 Å². The van der Waals surface area contributed by atoms with E-state index in [4.69, 9.17) is 14.6 Å². The molecule has 0 bridgehead atoms. The van der Waals surface area contributed by atoms with E-state index in [-0.39, 0.29) is 12.4 Å². The van der Waals surface area contributed by atoms with Gasteiger partial charge in [-0.25, -0.2) is 0 Å². The number of methoxy groups -OCH3 is 1. The number of benzene rings is 2. The number of aliphatic hydroxyl groups excluding tert-OH is 2. The Hall–Kier alpha value is -5.32. The Morgan fingerprint density at radius 3 is 1.69 bits per heavy atom. The van der Waals surface area contributed by atoms with Gasteiger partial charge < -0.3 is 29.5 Å². The van der Waals surface area contributed by atoms with E-state index in [1.54, 1.807) is 18.6 Å². The number of hydrogen-bond acceptors (Lipinski definition) is 9. The summed E-state index contributed by atoms with van der Waals surface area (Å²) in [7, 11) is 1.38. The highest BCUT2D eigenvalue weighted by molar-refractivity contribution is 5.69. The van der Waals surface area contributed by atoms with Crippen LogP contribution in [0.2, 0.25) is 0 Å².